The number of hydrogen-bond acceptors (Lipinski definition) is 5. The van der Waals surface area contributed by atoms with E-state index in [1.165, 1.54) is 14.2 Å². The van der Waals surface area contributed by atoms with Gasteiger partial charge in [-0.2, -0.15) is 0 Å². The van der Waals surface area contributed by atoms with Crippen molar-refractivity contribution in [2.75, 3.05) is 14.2 Å². The highest BCUT2D eigenvalue weighted by Gasteiger charge is 2.33. The fourth-order valence-corrected chi connectivity index (χ4v) is 1.52. The number of ketones is 1. The van der Waals surface area contributed by atoms with Crippen LogP contribution in [-0.4, -0.2) is 53.6 Å². The quantitative estimate of drug-likeness (QED) is 0.680. The molecule has 0 aliphatic carbocycles. The van der Waals surface area contributed by atoms with Crippen molar-refractivity contribution in [2.24, 2.45) is 0 Å². The van der Waals surface area contributed by atoms with Crippen molar-refractivity contribution < 1.29 is 24.5 Å². The van der Waals surface area contributed by atoms with E-state index in [0.29, 0.717) is 0 Å². The molecule has 0 rings (SSSR count). The van der Waals surface area contributed by atoms with E-state index < -0.39 is 29.2 Å². The molecular formula is C13H26O5. The first-order valence-corrected chi connectivity index (χ1v) is 6.05. The summed E-state index contributed by atoms with van der Waals surface area (Å²) in [5.74, 6) is -0.592. The number of ether oxygens (including phenoxy) is 2. The van der Waals surface area contributed by atoms with E-state index in [4.69, 9.17) is 9.47 Å². The lowest BCUT2D eigenvalue weighted by atomic mass is 9.91. The van der Waals surface area contributed by atoms with Gasteiger partial charge in [0.25, 0.3) is 0 Å². The molecule has 0 aromatic heterocycles. The SMILES string of the molecule is COC(C)(C)CC(O)C(=O)C(O)CC(C)(C)OC. The number of aliphatic hydroxyl groups excluding tert-OH is 2. The summed E-state index contributed by atoms with van der Waals surface area (Å²) in [5.41, 5.74) is -1.21. The van der Waals surface area contributed by atoms with Gasteiger partial charge in [-0.1, -0.05) is 0 Å². The molecule has 0 radical (unpaired) electrons. The van der Waals surface area contributed by atoms with Crippen LogP contribution in [0, 0.1) is 0 Å². The minimum absolute atomic E-state index is 0.146. The molecule has 0 fully saturated rings. The Morgan fingerprint density at radius 3 is 1.44 bits per heavy atom. The summed E-state index contributed by atoms with van der Waals surface area (Å²) in [7, 11) is 3.03. The van der Waals surface area contributed by atoms with Crippen LogP contribution in [0.2, 0.25) is 0 Å². The molecule has 0 aromatic rings. The molecule has 5 nitrogen and oxygen atoms in total. The van der Waals surface area contributed by atoms with Crippen LogP contribution in [0.1, 0.15) is 40.5 Å². The van der Waals surface area contributed by atoms with Crippen molar-refractivity contribution in [1.82, 2.24) is 0 Å². The molecule has 2 atom stereocenters. The molecule has 0 bridgehead atoms. The van der Waals surface area contributed by atoms with E-state index in [2.05, 4.69) is 0 Å². The predicted molar refractivity (Wildman–Crippen MR) is 68.4 cm³/mol. The zero-order valence-electron chi connectivity index (χ0n) is 12.2. The second kappa shape index (κ2) is 6.61. The van der Waals surface area contributed by atoms with Gasteiger partial charge in [-0.25, -0.2) is 0 Å². The average Bonchev–Trinajstić information content (AvgIpc) is 2.26. The summed E-state index contributed by atoms with van der Waals surface area (Å²) in [5, 5.41) is 19.6. The van der Waals surface area contributed by atoms with Gasteiger partial charge in [0, 0.05) is 27.1 Å². The molecule has 0 spiro atoms. The standard InChI is InChI=1S/C13H26O5/c1-12(2,17-5)7-9(14)11(16)10(15)8-13(3,4)18-6/h9-10,14-15H,7-8H2,1-6H3. The third kappa shape index (κ3) is 5.91. The Balaban J connectivity index is 4.47. The van der Waals surface area contributed by atoms with Gasteiger partial charge in [0.05, 0.1) is 11.2 Å². The monoisotopic (exact) mass is 262 g/mol. The molecule has 0 aliphatic rings. The number of aliphatic hydroxyl groups is 2. The first-order valence-electron chi connectivity index (χ1n) is 6.05. The van der Waals surface area contributed by atoms with Gasteiger partial charge in [-0.3, -0.25) is 4.79 Å². The van der Waals surface area contributed by atoms with Crippen LogP contribution in [0.4, 0.5) is 0 Å². The molecule has 0 aliphatic heterocycles. The van der Waals surface area contributed by atoms with Gasteiger partial charge in [-0.05, 0) is 27.7 Å². The summed E-state index contributed by atoms with van der Waals surface area (Å²) in [4.78, 5) is 11.8. The second-order valence-electron chi connectivity index (χ2n) is 5.77. The number of hydrogen-bond donors (Lipinski definition) is 2. The van der Waals surface area contributed by atoms with Crippen LogP contribution >= 0.6 is 0 Å². The van der Waals surface area contributed by atoms with E-state index >= 15 is 0 Å². The lowest BCUT2D eigenvalue weighted by Gasteiger charge is -2.28. The van der Waals surface area contributed by atoms with Gasteiger partial charge in [0.1, 0.15) is 12.2 Å². The molecule has 0 amide bonds. The first kappa shape index (κ1) is 17.5. The van der Waals surface area contributed by atoms with Crippen molar-refractivity contribution >= 4 is 5.78 Å². The van der Waals surface area contributed by atoms with Crippen LogP contribution in [0.5, 0.6) is 0 Å². The summed E-state index contributed by atoms with van der Waals surface area (Å²) in [6.45, 7) is 7.09. The van der Waals surface area contributed by atoms with Crippen molar-refractivity contribution in [3.05, 3.63) is 0 Å². The lowest BCUT2D eigenvalue weighted by molar-refractivity contribution is -0.142. The Morgan fingerprint density at radius 2 is 1.22 bits per heavy atom. The van der Waals surface area contributed by atoms with E-state index in [-0.39, 0.29) is 12.8 Å². The summed E-state index contributed by atoms with van der Waals surface area (Å²) in [6.07, 6.45) is -2.18. The normalized spacial score (nSPS) is 16.4. The number of methoxy groups -OCH3 is 2. The van der Waals surface area contributed by atoms with E-state index in [1.54, 1.807) is 27.7 Å². The van der Waals surface area contributed by atoms with E-state index in [9.17, 15) is 15.0 Å². The maximum Gasteiger partial charge on any atom is 0.189 e. The molecule has 108 valence electrons. The van der Waals surface area contributed by atoms with Crippen LogP contribution in [-0.2, 0) is 14.3 Å². The number of Topliss-reactive ketones (excluding diaryl/α,β-unsaturated/α-hetero) is 1. The van der Waals surface area contributed by atoms with Gasteiger partial charge >= 0.3 is 0 Å². The Labute approximate surface area is 109 Å². The minimum Gasteiger partial charge on any atom is -0.385 e. The van der Waals surface area contributed by atoms with Crippen LogP contribution in [0.25, 0.3) is 0 Å². The smallest absolute Gasteiger partial charge is 0.189 e. The highest BCUT2D eigenvalue weighted by Crippen LogP contribution is 2.20. The average molecular weight is 262 g/mol. The highest BCUT2D eigenvalue weighted by atomic mass is 16.5. The van der Waals surface area contributed by atoms with Crippen molar-refractivity contribution in [3.63, 3.8) is 0 Å². The molecule has 0 aromatic carbocycles. The molecule has 18 heavy (non-hydrogen) atoms. The minimum atomic E-state index is -1.23. The topological polar surface area (TPSA) is 76.0 Å². The predicted octanol–water partition coefficient (Wildman–Crippen LogP) is 0.907. The fourth-order valence-electron chi connectivity index (χ4n) is 1.52. The van der Waals surface area contributed by atoms with Crippen molar-refractivity contribution in [3.8, 4) is 0 Å². The number of carbonyl (C=O) groups excluding carboxylic acids is 1. The second-order valence-corrected chi connectivity index (χ2v) is 5.77. The zero-order chi connectivity index (χ0) is 14.6. The van der Waals surface area contributed by atoms with Crippen LogP contribution in [0.15, 0.2) is 0 Å². The maximum absolute atomic E-state index is 11.8. The van der Waals surface area contributed by atoms with Gasteiger partial charge < -0.3 is 19.7 Å². The van der Waals surface area contributed by atoms with Crippen molar-refractivity contribution in [1.29, 1.82) is 0 Å². The molecule has 0 heterocycles. The molecule has 0 saturated carbocycles. The zero-order valence-corrected chi connectivity index (χ0v) is 12.2. The summed E-state index contributed by atoms with van der Waals surface area (Å²) >= 11 is 0. The van der Waals surface area contributed by atoms with Crippen molar-refractivity contribution in [2.45, 2.75) is 63.9 Å². The Kier molecular flexibility index (Phi) is 6.43. The van der Waals surface area contributed by atoms with Gasteiger partial charge in [-0.15, -0.1) is 0 Å². The Hall–Kier alpha value is -0.490. The molecule has 5 heteroatoms. The first-order chi connectivity index (χ1) is 8.04. The van der Waals surface area contributed by atoms with Gasteiger partial charge in [0.15, 0.2) is 5.78 Å². The Bertz CT molecular complexity index is 247. The molecular weight excluding hydrogens is 236 g/mol. The lowest BCUT2D eigenvalue weighted by Crippen LogP contribution is -2.41. The fraction of sp³-hybridized carbons (Fsp3) is 0.923. The van der Waals surface area contributed by atoms with Crippen LogP contribution in [0.3, 0.4) is 0 Å². The molecule has 0 saturated heterocycles. The highest BCUT2D eigenvalue weighted by molar-refractivity contribution is 5.87. The maximum atomic E-state index is 11.8. The molecule has 2 unspecified atom stereocenters. The third-order valence-electron chi connectivity index (χ3n) is 3.13. The molecule has 2 N–H and O–H groups in total. The van der Waals surface area contributed by atoms with E-state index in [0.717, 1.165) is 0 Å². The van der Waals surface area contributed by atoms with E-state index in [1.807, 2.05) is 0 Å². The number of carbonyl (C=O) groups is 1. The third-order valence-corrected chi connectivity index (χ3v) is 3.13. The summed E-state index contributed by atoms with van der Waals surface area (Å²) in [6, 6.07) is 0. The largest absolute Gasteiger partial charge is 0.385 e. The Morgan fingerprint density at radius 1 is 0.944 bits per heavy atom. The van der Waals surface area contributed by atoms with Crippen LogP contribution < -0.4 is 0 Å². The number of rotatable bonds is 8. The van der Waals surface area contributed by atoms with Gasteiger partial charge in [0.2, 0.25) is 0 Å². The summed E-state index contributed by atoms with van der Waals surface area (Å²) < 4.78 is 10.3.